The van der Waals surface area contributed by atoms with Gasteiger partial charge in [-0.2, -0.15) is 0 Å². The molecule has 0 saturated carbocycles. The van der Waals surface area contributed by atoms with Crippen LogP contribution in [-0.4, -0.2) is 20.8 Å². The molecule has 0 radical (unpaired) electrons. The molecule has 6 aromatic rings. The smallest absolute Gasteiger partial charge is 0.330 e. The van der Waals surface area contributed by atoms with Crippen molar-refractivity contribution >= 4 is 32.8 Å². The predicted molar refractivity (Wildman–Crippen MR) is 133 cm³/mol. The molecule has 0 fully saturated rings. The fraction of sp³-hybridized carbons (Fsp3) is 0.111. The van der Waals surface area contributed by atoms with Gasteiger partial charge in [-0.3, -0.25) is 13.9 Å². The Labute approximate surface area is 193 Å². The molecule has 0 aliphatic rings. The maximum absolute atomic E-state index is 13.3. The van der Waals surface area contributed by atoms with E-state index in [0.29, 0.717) is 33.6 Å². The number of rotatable bonds is 3. The van der Waals surface area contributed by atoms with E-state index in [2.05, 4.69) is 0 Å². The summed E-state index contributed by atoms with van der Waals surface area (Å²) in [6.07, 6.45) is 1.81. The summed E-state index contributed by atoms with van der Waals surface area (Å²) in [7, 11) is 4.78. The van der Waals surface area contributed by atoms with Crippen molar-refractivity contribution in [2.45, 2.75) is 0 Å². The minimum atomic E-state index is -0.381. The zero-order chi connectivity index (χ0) is 23.6. The molecule has 0 aliphatic carbocycles. The number of fused-ring (bicyclic) bond motifs is 4. The van der Waals surface area contributed by atoms with E-state index in [4.69, 9.17) is 9.15 Å². The van der Waals surface area contributed by atoms with E-state index in [9.17, 15) is 9.59 Å². The lowest BCUT2D eigenvalue weighted by Crippen LogP contribution is -2.36. The van der Waals surface area contributed by atoms with Gasteiger partial charge < -0.3 is 13.7 Å². The first-order valence-corrected chi connectivity index (χ1v) is 10.9. The number of methoxy groups -OCH3 is 1. The van der Waals surface area contributed by atoms with E-state index in [1.165, 1.54) is 11.6 Å². The van der Waals surface area contributed by atoms with Crippen LogP contribution < -0.4 is 16.0 Å². The summed E-state index contributed by atoms with van der Waals surface area (Å²) in [5, 5.41) is 2.40. The molecule has 0 spiro atoms. The number of hydrogen-bond acceptors (Lipinski definition) is 4. The van der Waals surface area contributed by atoms with Crippen molar-refractivity contribution in [1.82, 2.24) is 13.7 Å². The molecule has 0 saturated heterocycles. The number of aromatic nitrogens is 3. The fourth-order valence-corrected chi connectivity index (χ4v) is 4.70. The largest absolute Gasteiger partial charge is 0.495 e. The molecule has 0 unspecified atom stereocenters. The van der Waals surface area contributed by atoms with Crippen LogP contribution in [0, 0.1) is 0 Å². The first kappa shape index (κ1) is 20.1. The van der Waals surface area contributed by atoms with E-state index in [0.717, 1.165) is 26.5 Å². The molecule has 0 bridgehead atoms. The van der Waals surface area contributed by atoms with Crippen LogP contribution in [0.3, 0.4) is 0 Å². The first-order chi connectivity index (χ1) is 16.5. The van der Waals surface area contributed by atoms with Gasteiger partial charge in [-0.15, -0.1) is 0 Å². The average Bonchev–Trinajstić information content (AvgIpc) is 3.44. The summed E-state index contributed by atoms with van der Waals surface area (Å²) < 4.78 is 16.5. The van der Waals surface area contributed by atoms with E-state index in [1.54, 1.807) is 14.2 Å². The Morgan fingerprint density at radius 1 is 0.824 bits per heavy atom. The second kappa shape index (κ2) is 7.25. The minimum Gasteiger partial charge on any atom is -0.495 e. The Hall–Kier alpha value is -4.52. The molecule has 168 valence electrons. The van der Waals surface area contributed by atoms with Crippen molar-refractivity contribution in [1.29, 1.82) is 0 Å². The SMILES string of the molecule is COc1cc2c(cc1-n1cc3c(c1-c1ccccc1)c(=O)n(C)c(=O)n3C)oc1ccccc12. The van der Waals surface area contributed by atoms with Gasteiger partial charge in [-0.25, -0.2) is 4.79 Å². The van der Waals surface area contributed by atoms with E-state index in [-0.39, 0.29) is 11.2 Å². The highest BCUT2D eigenvalue weighted by molar-refractivity contribution is 6.06. The summed E-state index contributed by atoms with van der Waals surface area (Å²) in [5.74, 6) is 0.623. The Kier molecular flexibility index (Phi) is 4.29. The predicted octanol–water partition coefficient (Wildman–Crippen LogP) is 4.60. The Morgan fingerprint density at radius 2 is 1.56 bits per heavy atom. The lowest BCUT2D eigenvalue weighted by Gasteiger charge is -2.14. The van der Waals surface area contributed by atoms with E-state index < -0.39 is 0 Å². The molecular formula is C27H21N3O4. The standard InChI is InChI=1S/C27H21N3O4/c1-28-20-15-30(25(16-9-5-4-6-10-16)24(20)26(31)29(2)27(28)32)19-14-22-18(13-23(19)33-3)17-11-7-8-12-21(17)34-22/h4-15H,1-3H3. The highest BCUT2D eigenvalue weighted by Gasteiger charge is 2.23. The van der Waals surface area contributed by atoms with Crippen molar-refractivity contribution in [2.75, 3.05) is 7.11 Å². The molecule has 0 atom stereocenters. The van der Waals surface area contributed by atoms with Crippen LogP contribution in [0.15, 0.2) is 86.9 Å². The number of nitrogens with zero attached hydrogens (tertiary/aromatic N) is 3. The monoisotopic (exact) mass is 451 g/mol. The van der Waals surface area contributed by atoms with Crippen LogP contribution in [0.25, 0.3) is 49.8 Å². The maximum atomic E-state index is 13.3. The molecular weight excluding hydrogens is 430 g/mol. The zero-order valence-electron chi connectivity index (χ0n) is 18.9. The third-order valence-corrected chi connectivity index (χ3v) is 6.42. The summed E-state index contributed by atoms with van der Waals surface area (Å²) in [5.41, 5.74) is 3.54. The number of ether oxygens (including phenoxy) is 1. The van der Waals surface area contributed by atoms with Gasteiger partial charge in [0.1, 0.15) is 16.9 Å². The minimum absolute atomic E-state index is 0.348. The lowest BCUT2D eigenvalue weighted by atomic mass is 10.1. The second-order valence-corrected chi connectivity index (χ2v) is 8.30. The van der Waals surface area contributed by atoms with Gasteiger partial charge in [0, 0.05) is 37.1 Å². The molecule has 3 aromatic heterocycles. The molecule has 7 heteroatoms. The van der Waals surface area contributed by atoms with Gasteiger partial charge in [0.2, 0.25) is 0 Å². The Bertz CT molecular complexity index is 1850. The van der Waals surface area contributed by atoms with Crippen LogP contribution in [0.4, 0.5) is 0 Å². The number of aryl methyl sites for hydroxylation is 1. The van der Waals surface area contributed by atoms with Crippen molar-refractivity contribution < 1.29 is 9.15 Å². The van der Waals surface area contributed by atoms with Crippen LogP contribution in [0.1, 0.15) is 0 Å². The van der Waals surface area contributed by atoms with Gasteiger partial charge in [0.15, 0.2) is 0 Å². The fourth-order valence-electron chi connectivity index (χ4n) is 4.70. The van der Waals surface area contributed by atoms with E-state index >= 15 is 0 Å². The number of benzene rings is 3. The van der Waals surface area contributed by atoms with Crippen molar-refractivity contribution in [2.24, 2.45) is 14.1 Å². The van der Waals surface area contributed by atoms with Crippen LogP contribution in [0.2, 0.25) is 0 Å². The van der Waals surface area contributed by atoms with E-state index in [1.807, 2.05) is 77.5 Å². The lowest BCUT2D eigenvalue weighted by molar-refractivity contribution is 0.413. The molecule has 6 rings (SSSR count). The van der Waals surface area contributed by atoms with Crippen molar-refractivity contribution in [3.8, 4) is 22.7 Å². The molecule has 0 aliphatic heterocycles. The highest BCUT2D eigenvalue weighted by Crippen LogP contribution is 2.39. The number of para-hydroxylation sites is 1. The summed E-state index contributed by atoms with van der Waals surface area (Å²) in [4.78, 5) is 26.0. The summed E-state index contributed by atoms with van der Waals surface area (Å²) in [6.45, 7) is 0. The van der Waals surface area contributed by atoms with Gasteiger partial charge in [0.25, 0.3) is 5.56 Å². The zero-order valence-corrected chi connectivity index (χ0v) is 18.9. The highest BCUT2D eigenvalue weighted by atomic mass is 16.5. The molecule has 0 N–H and O–H groups in total. The normalized spacial score (nSPS) is 11.6. The van der Waals surface area contributed by atoms with Gasteiger partial charge >= 0.3 is 5.69 Å². The van der Waals surface area contributed by atoms with Crippen molar-refractivity contribution in [3.63, 3.8) is 0 Å². The number of furan rings is 1. The Morgan fingerprint density at radius 3 is 2.32 bits per heavy atom. The molecule has 34 heavy (non-hydrogen) atoms. The maximum Gasteiger partial charge on any atom is 0.330 e. The summed E-state index contributed by atoms with van der Waals surface area (Å²) >= 11 is 0. The van der Waals surface area contributed by atoms with Gasteiger partial charge in [-0.05, 0) is 17.7 Å². The molecule has 3 heterocycles. The third kappa shape index (κ3) is 2.70. The first-order valence-electron chi connectivity index (χ1n) is 10.9. The molecule has 7 nitrogen and oxygen atoms in total. The summed E-state index contributed by atoms with van der Waals surface area (Å²) in [6, 6.07) is 21.4. The molecule has 0 amide bonds. The quantitative estimate of drug-likeness (QED) is 0.394. The van der Waals surface area contributed by atoms with Gasteiger partial charge in [0.05, 0.1) is 29.4 Å². The topological polar surface area (TPSA) is 71.3 Å². The van der Waals surface area contributed by atoms with Crippen LogP contribution in [0.5, 0.6) is 5.75 Å². The van der Waals surface area contributed by atoms with Crippen LogP contribution >= 0.6 is 0 Å². The van der Waals surface area contributed by atoms with Gasteiger partial charge in [-0.1, -0.05) is 48.5 Å². The number of hydrogen-bond donors (Lipinski definition) is 0. The van der Waals surface area contributed by atoms with Crippen LogP contribution in [-0.2, 0) is 14.1 Å². The average molecular weight is 451 g/mol. The third-order valence-electron chi connectivity index (χ3n) is 6.42. The second-order valence-electron chi connectivity index (χ2n) is 8.30. The molecule has 3 aromatic carbocycles. The van der Waals surface area contributed by atoms with Crippen molar-refractivity contribution in [3.05, 3.63) is 93.8 Å². The Balaban J connectivity index is 1.78.